The van der Waals surface area contributed by atoms with Crippen LogP contribution in [-0.4, -0.2) is 37.2 Å². The highest BCUT2D eigenvalue weighted by Gasteiger charge is 2.19. The molecule has 0 amide bonds. The van der Waals surface area contributed by atoms with Crippen molar-refractivity contribution in [2.45, 2.75) is 271 Å². The molecule has 404 valence electrons. The van der Waals surface area contributed by atoms with Gasteiger partial charge in [-0.05, 0) is 89.9 Å². The molecule has 0 N–H and O–H groups in total. The first-order chi connectivity index (χ1) is 35.0. The number of hydrogen-bond donors (Lipinski definition) is 0. The van der Waals surface area contributed by atoms with Crippen LogP contribution in [0.2, 0.25) is 0 Å². The first-order valence-corrected chi connectivity index (χ1v) is 29.4. The van der Waals surface area contributed by atoms with Crippen LogP contribution in [0, 0.1) is 0 Å². The third kappa shape index (κ3) is 56.9. The number of rotatable bonds is 52. The Kier molecular flexibility index (Phi) is 55.4. The average molecular weight is 986 g/mol. The van der Waals surface area contributed by atoms with E-state index in [1.54, 1.807) is 0 Å². The summed E-state index contributed by atoms with van der Waals surface area (Å²) in [5, 5.41) is 0. The summed E-state index contributed by atoms with van der Waals surface area (Å²) in [6.07, 6.45) is 79.6. The fraction of sp³-hybridized carbons (Fsp3) is 0.677. The van der Waals surface area contributed by atoms with E-state index in [1.807, 2.05) is 6.08 Å². The van der Waals surface area contributed by atoms with Gasteiger partial charge in [0.2, 0.25) is 0 Å². The second-order valence-corrected chi connectivity index (χ2v) is 19.2. The lowest BCUT2D eigenvalue weighted by atomic mass is 10.0. The Morgan fingerprint density at radius 1 is 0.296 bits per heavy atom. The zero-order valence-electron chi connectivity index (χ0n) is 46.2. The van der Waals surface area contributed by atoms with E-state index in [1.165, 1.54) is 135 Å². The molecule has 0 radical (unpaired) electrons. The van der Waals surface area contributed by atoms with E-state index in [0.29, 0.717) is 19.3 Å². The largest absolute Gasteiger partial charge is 0.462 e. The number of allylic oxidation sites excluding steroid dienone is 18. The van der Waals surface area contributed by atoms with Crippen molar-refractivity contribution < 1.29 is 28.6 Å². The molecule has 0 unspecified atom stereocenters. The number of unbranched alkanes of at least 4 members (excludes halogenated alkanes) is 23. The van der Waals surface area contributed by atoms with E-state index < -0.39 is 6.10 Å². The fourth-order valence-electron chi connectivity index (χ4n) is 7.90. The van der Waals surface area contributed by atoms with Crippen LogP contribution in [0.3, 0.4) is 0 Å². The van der Waals surface area contributed by atoms with E-state index in [4.69, 9.17) is 14.2 Å². The maximum atomic E-state index is 12.9. The molecule has 0 aliphatic heterocycles. The monoisotopic (exact) mass is 985 g/mol. The molecule has 0 aliphatic rings. The summed E-state index contributed by atoms with van der Waals surface area (Å²) < 4.78 is 16.8. The molecule has 1 atom stereocenters. The minimum atomic E-state index is -0.829. The molecule has 0 fully saturated rings. The summed E-state index contributed by atoms with van der Waals surface area (Å²) in [6, 6.07) is 0. The zero-order valence-corrected chi connectivity index (χ0v) is 46.2. The van der Waals surface area contributed by atoms with Crippen molar-refractivity contribution in [3.05, 3.63) is 109 Å². The summed E-state index contributed by atoms with van der Waals surface area (Å²) in [6.45, 7) is 6.42. The molecule has 6 nitrogen and oxygen atoms in total. The first kappa shape index (κ1) is 67.1. The Hall–Kier alpha value is -3.93. The molecule has 0 saturated carbocycles. The summed E-state index contributed by atoms with van der Waals surface area (Å²) in [7, 11) is 0. The zero-order chi connectivity index (χ0) is 51.4. The molecule has 71 heavy (non-hydrogen) atoms. The van der Waals surface area contributed by atoms with Crippen LogP contribution < -0.4 is 0 Å². The molecule has 0 heterocycles. The summed E-state index contributed by atoms with van der Waals surface area (Å²) in [4.78, 5) is 38.1. The van der Waals surface area contributed by atoms with Crippen molar-refractivity contribution >= 4 is 17.9 Å². The number of carbonyl (C=O) groups excluding carboxylic acids is 3. The Balaban J connectivity index is 4.56. The predicted octanol–water partition coefficient (Wildman–Crippen LogP) is 19.9. The second kappa shape index (κ2) is 58.6. The molecule has 0 rings (SSSR count). The van der Waals surface area contributed by atoms with Gasteiger partial charge in [0.1, 0.15) is 13.2 Å². The minimum absolute atomic E-state index is 0.127. The maximum absolute atomic E-state index is 12.9. The van der Waals surface area contributed by atoms with Gasteiger partial charge in [0.15, 0.2) is 6.10 Å². The molecule has 0 aromatic carbocycles. The van der Waals surface area contributed by atoms with Crippen molar-refractivity contribution in [1.29, 1.82) is 0 Å². The Labute approximate surface area is 438 Å². The summed E-state index contributed by atoms with van der Waals surface area (Å²) >= 11 is 0. The number of ether oxygens (including phenoxy) is 3. The molecular formula is C65H108O6. The molecule has 0 aromatic rings. The average Bonchev–Trinajstić information content (AvgIpc) is 3.37. The van der Waals surface area contributed by atoms with E-state index in [2.05, 4.69) is 124 Å². The Morgan fingerprint density at radius 2 is 0.592 bits per heavy atom. The van der Waals surface area contributed by atoms with Gasteiger partial charge in [-0.1, -0.05) is 265 Å². The second-order valence-electron chi connectivity index (χ2n) is 19.2. The van der Waals surface area contributed by atoms with E-state index in [0.717, 1.165) is 77.0 Å². The topological polar surface area (TPSA) is 78.9 Å². The number of carbonyl (C=O) groups is 3. The van der Waals surface area contributed by atoms with E-state index >= 15 is 0 Å². The Bertz CT molecular complexity index is 1460. The first-order valence-electron chi connectivity index (χ1n) is 29.4. The van der Waals surface area contributed by atoms with Crippen LogP contribution in [-0.2, 0) is 28.6 Å². The molecule has 0 aromatic heterocycles. The van der Waals surface area contributed by atoms with Crippen LogP contribution in [0.25, 0.3) is 0 Å². The lowest BCUT2D eigenvalue weighted by Crippen LogP contribution is -2.30. The lowest BCUT2D eigenvalue weighted by molar-refractivity contribution is -0.166. The van der Waals surface area contributed by atoms with E-state index in [-0.39, 0.29) is 44.0 Å². The van der Waals surface area contributed by atoms with Gasteiger partial charge in [0, 0.05) is 19.3 Å². The lowest BCUT2D eigenvalue weighted by Gasteiger charge is -2.18. The molecule has 0 spiro atoms. The molecule has 6 heteroatoms. The van der Waals surface area contributed by atoms with Gasteiger partial charge < -0.3 is 14.2 Å². The van der Waals surface area contributed by atoms with Crippen molar-refractivity contribution in [1.82, 2.24) is 0 Å². The van der Waals surface area contributed by atoms with Crippen LogP contribution in [0.15, 0.2) is 109 Å². The SMILES string of the molecule is CC/C=C\C/C=C\C/C=C\C/C=C\C/C=C\C/C=C\CCC(=O)OC[C@H](COC(=O)CCC/C=C\C/C=C\C/C=C\CCCCCCCC)OC(=O)CCCCCCCCCCCCCCCCCCC. The molecule has 0 bridgehead atoms. The number of hydrogen-bond acceptors (Lipinski definition) is 6. The highest BCUT2D eigenvalue weighted by molar-refractivity contribution is 5.71. The van der Waals surface area contributed by atoms with Gasteiger partial charge in [0.05, 0.1) is 0 Å². The minimum Gasteiger partial charge on any atom is -0.462 e. The van der Waals surface area contributed by atoms with Gasteiger partial charge >= 0.3 is 17.9 Å². The summed E-state index contributed by atoms with van der Waals surface area (Å²) in [5.74, 6) is -1.06. The third-order valence-corrected chi connectivity index (χ3v) is 12.3. The van der Waals surface area contributed by atoms with Gasteiger partial charge in [-0.2, -0.15) is 0 Å². The highest BCUT2D eigenvalue weighted by Crippen LogP contribution is 2.15. The number of esters is 3. The predicted molar refractivity (Wildman–Crippen MR) is 307 cm³/mol. The van der Waals surface area contributed by atoms with Gasteiger partial charge in [0.25, 0.3) is 0 Å². The highest BCUT2D eigenvalue weighted by atomic mass is 16.6. The van der Waals surface area contributed by atoms with Gasteiger partial charge in [-0.3, -0.25) is 14.4 Å². The molecule has 0 aliphatic carbocycles. The normalized spacial score (nSPS) is 12.9. The van der Waals surface area contributed by atoms with E-state index in [9.17, 15) is 14.4 Å². The van der Waals surface area contributed by atoms with Crippen molar-refractivity contribution in [3.63, 3.8) is 0 Å². The Morgan fingerprint density at radius 3 is 0.986 bits per heavy atom. The van der Waals surface area contributed by atoms with Crippen LogP contribution in [0.1, 0.15) is 265 Å². The molecular weight excluding hydrogens is 877 g/mol. The van der Waals surface area contributed by atoms with Crippen LogP contribution in [0.5, 0.6) is 0 Å². The van der Waals surface area contributed by atoms with Gasteiger partial charge in [-0.15, -0.1) is 0 Å². The fourth-order valence-corrected chi connectivity index (χ4v) is 7.90. The van der Waals surface area contributed by atoms with Crippen molar-refractivity contribution in [3.8, 4) is 0 Å². The van der Waals surface area contributed by atoms with Crippen LogP contribution >= 0.6 is 0 Å². The smallest absolute Gasteiger partial charge is 0.306 e. The quantitative estimate of drug-likeness (QED) is 0.0261. The van der Waals surface area contributed by atoms with Crippen LogP contribution in [0.4, 0.5) is 0 Å². The maximum Gasteiger partial charge on any atom is 0.306 e. The summed E-state index contributed by atoms with van der Waals surface area (Å²) in [5.41, 5.74) is 0. The van der Waals surface area contributed by atoms with Crippen molar-refractivity contribution in [2.24, 2.45) is 0 Å². The third-order valence-electron chi connectivity index (χ3n) is 12.3. The van der Waals surface area contributed by atoms with Crippen molar-refractivity contribution in [2.75, 3.05) is 13.2 Å². The standard InChI is InChI=1S/C65H108O6/c1-4-7-10-13-16-19-22-25-28-31-32-35-37-40-43-46-49-52-55-58-64(67)70-61-62(71-65(68)59-56-53-50-47-44-41-38-34-30-27-24-21-18-15-12-9-6-3)60-69-63(66)57-54-51-48-45-42-39-36-33-29-26-23-20-17-14-11-8-5-2/h7,10,16,19,25-26,28-29,32,35-36,39-40,43,45,48-49,52,62H,4-6,8-9,11-15,17-18,20-24,27,30-31,33-34,37-38,41-42,44,46-47,50-51,53-61H2,1-3H3/b10-7-,19-16-,28-25-,29-26-,35-32-,39-36-,43-40-,48-45-,52-49-/t62-/m0/s1. The molecule has 0 saturated heterocycles. The van der Waals surface area contributed by atoms with Gasteiger partial charge in [-0.25, -0.2) is 0 Å².